The van der Waals surface area contributed by atoms with Gasteiger partial charge < -0.3 is 5.11 Å². The summed E-state index contributed by atoms with van der Waals surface area (Å²) >= 11 is 0. The van der Waals surface area contributed by atoms with Crippen molar-refractivity contribution in [1.82, 2.24) is 5.32 Å². The summed E-state index contributed by atoms with van der Waals surface area (Å²) in [6.45, 7) is 8.51. The highest BCUT2D eigenvalue weighted by Crippen LogP contribution is 2.26. The van der Waals surface area contributed by atoms with Crippen LogP contribution >= 0.6 is 0 Å². The molecule has 0 aliphatic heterocycles. The molecule has 3 nitrogen and oxygen atoms in total. The van der Waals surface area contributed by atoms with Gasteiger partial charge in [0.25, 0.3) is 0 Å². The number of rotatable bonds is 6. The van der Waals surface area contributed by atoms with Crippen LogP contribution in [0.15, 0.2) is 18.2 Å². The zero-order chi connectivity index (χ0) is 16.3. The van der Waals surface area contributed by atoms with E-state index in [4.69, 9.17) is 0 Å². The minimum absolute atomic E-state index is 0.0620. The van der Waals surface area contributed by atoms with Gasteiger partial charge in [-0.2, -0.15) is 0 Å². The monoisotopic (exact) mass is 303 g/mol. The predicted molar refractivity (Wildman–Crippen MR) is 90.1 cm³/mol. The molecule has 0 saturated carbocycles. The number of aliphatic carboxylic acids is 1. The molecule has 1 aromatic rings. The van der Waals surface area contributed by atoms with Gasteiger partial charge in [0, 0.05) is 6.04 Å². The van der Waals surface area contributed by atoms with E-state index >= 15 is 0 Å². The van der Waals surface area contributed by atoms with E-state index < -0.39 is 12.0 Å². The molecule has 2 atom stereocenters. The molecule has 0 unspecified atom stereocenters. The van der Waals surface area contributed by atoms with Crippen LogP contribution in [0.5, 0.6) is 0 Å². The molecule has 122 valence electrons. The topological polar surface area (TPSA) is 49.3 Å². The van der Waals surface area contributed by atoms with Crippen molar-refractivity contribution in [2.24, 2.45) is 5.41 Å². The summed E-state index contributed by atoms with van der Waals surface area (Å²) in [4.78, 5) is 11.5. The number of nitrogens with one attached hydrogen (secondary N) is 1. The minimum Gasteiger partial charge on any atom is -0.480 e. The first-order valence-electron chi connectivity index (χ1n) is 8.37. The van der Waals surface area contributed by atoms with Crippen molar-refractivity contribution >= 4 is 5.97 Å². The molecule has 2 rings (SSSR count). The quantitative estimate of drug-likeness (QED) is 0.831. The summed E-state index contributed by atoms with van der Waals surface area (Å²) in [5.74, 6) is -0.753. The normalized spacial score (nSPS) is 17.1. The van der Waals surface area contributed by atoms with Gasteiger partial charge in [-0.3, -0.25) is 10.1 Å². The number of hydrogen-bond donors (Lipinski definition) is 2. The second kappa shape index (κ2) is 6.82. The third kappa shape index (κ3) is 4.57. The predicted octanol–water partition coefficient (Wildman–Crippen LogP) is 4.11. The van der Waals surface area contributed by atoms with Crippen LogP contribution in [-0.4, -0.2) is 17.1 Å². The van der Waals surface area contributed by atoms with Crippen molar-refractivity contribution in [2.75, 3.05) is 0 Å². The Bertz CT molecular complexity index is 531. The zero-order valence-corrected chi connectivity index (χ0v) is 14.3. The standard InChI is InChI=1S/C19H29NO2/c1-13(15-9-8-14-6-5-7-16(14)12-15)20-17(18(21)22)10-11-19(2,3)4/h8-9,12-13,17,20H,5-7,10-11H2,1-4H3,(H,21,22)/t13-,17+/m1/s1. The molecule has 2 N–H and O–H groups in total. The Balaban J connectivity index is 2.01. The lowest BCUT2D eigenvalue weighted by molar-refractivity contribution is -0.140. The van der Waals surface area contributed by atoms with E-state index in [1.807, 2.05) is 0 Å². The van der Waals surface area contributed by atoms with Gasteiger partial charge in [0.1, 0.15) is 6.04 Å². The molecular weight excluding hydrogens is 274 g/mol. The van der Waals surface area contributed by atoms with Crippen LogP contribution < -0.4 is 5.32 Å². The van der Waals surface area contributed by atoms with E-state index in [1.165, 1.54) is 29.5 Å². The van der Waals surface area contributed by atoms with Crippen molar-refractivity contribution in [3.63, 3.8) is 0 Å². The summed E-state index contributed by atoms with van der Waals surface area (Å²) in [6.07, 6.45) is 5.13. The number of fused-ring (bicyclic) bond motifs is 1. The highest BCUT2D eigenvalue weighted by Gasteiger charge is 2.23. The molecule has 1 aliphatic rings. The number of carbonyl (C=O) groups is 1. The lowest BCUT2D eigenvalue weighted by Crippen LogP contribution is -2.39. The fraction of sp³-hybridized carbons (Fsp3) is 0.632. The maximum absolute atomic E-state index is 11.5. The van der Waals surface area contributed by atoms with Crippen LogP contribution in [0.25, 0.3) is 0 Å². The molecule has 1 aliphatic carbocycles. The Morgan fingerprint density at radius 3 is 2.59 bits per heavy atom. The number of carboxylic acids is 1. The first-order chi connectivity index (χ1) is 10.3. The van der Waals surface area contributed by atoms with Gasteiger partial charge in [0.05, 0.1) is 0 Å². The Hall–Kier alpha value is -1.35. The molecule has 0 aromatic heterocycles. The molecule has 22 heavy (non-hydrogen) atoms. The van der Waals surface area contributed by atoms with Crippen LogP contribution in [0, 0.1) is 5.41 Å². The molecule has 3 heteroatoms. The van der Waals surface area contributed by atoms with Crippen molar-refractivity contribution < 1.29 is 9.90 Å². The van der Waals surface area contributed by atoms with Gasteiger partial charge in [0.2, 0.25) is 0 Å². The van der Waals surface area contributed by atoms with Gasteiger partial charge in [-0.05, 0) is 61.1 Å². The Morgan fingerprint density at radius 1 is 1.27 bits per heavy atom. The van der Waals surface area contributed by atoms with Crippen molar-refractivity contribution in [2.45, 2.75) is 71.9 Å². The molecule has 0 radical (unpaired) electrons. The van der Waals surface area contributed by atoms with E-state index in [9.17, 15) is 9.90 Å². The van der Waals surface area contributed by atoms with Crippen molar-refractivity contribution in [3.05, 3.63) is 34.9 Å². The molecule has 0 fully saturated rings. The Morgan fingerprint density at radius 2 is 1.95 bits per heavy atom. The van der Waals surface area contributed by atoms with Gasteiger partial charge >= 0.3 is 5.97 Å². The summed E-state index contributed by atoms with van der Waals surface area (Å²) in [7, 11) is 0. The fourth-order valence-corrected chi connectivity index (χ4v) is 3.11. The number of hydrogen-bond acceptors (Lipinski definition) is 2. The van der Waals surface area contributed by atoms with Gasteiger partial charge in [-0.25, -0.2) is 0 Å². The summed E-state index contributed by atoms with van der Waals surface area (Å²) in [5, 5.41) is 12.8. The molecule has 0 bridgehead atoms. The molecule has 0 amide bonds. The van der Waals surface area contributed by atoms with E-state index in [2.05, 4.69) is 51.2 Å². The minimum atomic E-state index is -0.753. The van der Waals surface area contributed by atoms with Gasteiger partial charge in [-0.15, -0.1) is 0 Å². The fourth-order valence-electron chi connectivity index (χ4n) is 3.11. The lowest BCUT2D eigenvalue weighted by Gasteiger charge is -2.24. The third-order valence-electron chi connectivity index (χ3n) is 4.55. The summed E-state index contributed by atoms with van der Waals surface area (Å²) in [5.41, 5.74) is 4.25. The smallest absolute Gasteiger partial charge is 0.320 e. The van der Waals surface area contributed by atoms with Crippen LogP contribution in [0.2, 0.25) is 0 Å². The van der Waals surface area contributed by atoms with E-state index in [-0.39, 0.29) is 11.5 Å². The lowest BCUT2D eigenvalue weighted by atomic mass is 9.88. The van der Waals surface area contributed by atoms with E-state index in [0.717, 1.165) is 12.8 Å². The average Bonchev–Trinajstić information content (AvgIpc) is 2.88. The number of carboxylic acid groups (broad SMARTS) is 1. The molecular formula is C19H29NO2. The largest absolute Gasteiger partial charge is 0.480 e. The molecule has 0 saturated heterocycles. The average molecular weight is 303 g/mol. The van der Waals surface area contributed by atoms with E-state index in [0.29, 0.717) is 6.42 Å². The summed E-state index contributed by atoms with van der Waals surface area (Å²) in [6, 6.07) is 6.18. The highest BCUT2D eigenvalue weighted by molar-refractivity contribution is 5.73. The van der Waals surface area contributed by atoms with Gasteiger partial charge in [-0.1, -0.05) is 39.0 Å². The van der Waals surface area contributed by atoms with Crippen molar-refractivity contribution in [3.8, 4) is 0 Å². The maximum Gasteiger partial charge on any atom is 0.320 e. The number of aryl methyl sites for hydroxylation is 2. The molecule has 0 spiro atoms. The third-order valence-corrected chi connectivity index (χ3v) is 4.55. The number of benzene rings is 1. The van der Waals surface area contributed by atoms with Crippen LogP contribution in [-0.2, 0) is 17.6 Å². The van der Waals surface area contributed by atoms with Crippen molar-refractivity contribution in [1.29, 1.82) is 0 Å². The second-order valence-corrected chi connectivity index (χ2v) is 7.76. The van der Waals surface area contributed by atoms with Gasteiger partial charge in [0.15, 0.2) is 0 Å². The second-order valence-electron chi connectivity index (χ2n) is 7.76. The van der Waals surface area contributed by atoms with Crippen LogP contribution in [0.1, 0.15) is 69.7 Å². The summed E-state index contributed by atoms with van der Waals surface area (Å²) < 4.78 is 0. The first-order valence-corrected chi connectivity index (χ1v) is 8.37. The highest BCUT2D eigenvalue weighted by atomic mass is 16.4. The Kier molecular flexibility index (Phi) is 5.28. The first kappa shape index (κ1) is 17.0. The maximum atomic E-state index is 11.5. The van der Waals surface area contributed by atoms with Crippen LogP contribution in [0.4, 0.5) is 0 Å². The molecule has 0 heterocycles. The van der Waals surface area contributed by atoms with E-state index in [1.54, 1.807) is 0 Å². The Labute approximate surface area is 134 Å². The SMILES string of the molecule is C[C@@H](N[C@@H](CCC(C)(C)C)C(=O)O)c1ccc2c(c1)CCC2. The van der Waals surface area contributed by atoms with Crippen LogP contribution in [0.3, 0.4) is 0 Å². The zero-order valence-electron chi connectivity index (χ0n) is 14.3. The molecule has 1 aromatic carbocycles.